The van der Waals surface area contributed by atoms with Gasteiger partial charge in [0, 0.05) is 6.42 Å². The van der Waals surface area contributed by atoms with E-state index in [4.69, 9.17) is 24.8 Å². The molecular formula is C42H66NO10P. The normalized spacial score (nSPS) is 14.9. The van der Waals surface area contributed by atoms with Crippen LogP contribution in [0.5, 0.6) is 0 Å². The maximum atomic E-state index is 12.5. The molecule has 0 fully saturated rings. The minimum absolute atomic E-state index is 0.0809. The molecule has 0 heterocycles. The molecule has 304 valence electrons. The highest BCUT2D eigenvalue weighted by atomic mass is 31.2. The van der Waals surface area contributed by atoms with Crippen LogP contribution in [0.15, 0.2) is 97.2 Å². The minimum Gasteiger partial charge on any atom is -0.480 e. The number of rotatable bonds is 34. The summed E-state index contributed by atoms with van der Waals surface area (Å²) in [6, 6.07) is -1.54. The van der Waals surface area contributed by atoms with Gasteiger partial charge in [0.2, 0.25) is 0 Å². The monoisotopic (exact) mass is 775 g/mol. The van der Waals surface area contributed by atoms with E-state index in [2.05, 4.69) is 91.3 Å². The Kier molecular flexibility index (Phi) is 34.0. The fourth-order valence-electron chi connectivity index (χ4n) is 4.39. The van der Waals surface area contributed by atoms with Crippen molar-refractivity contribution < 1.29 is 47.5 Å². The third-order valence-electron chi connectivity index (χ3n) is 7.36. The van der Waals surface area contributed by atoms with Crippen LogP contribution in [0.3, 0.4) is 0 Å². The number of carbonyl (C=O) groups excluding carboxylic acids is 2. The number of allylic oxidation sites excluding steroid dienone is 15. The molecule has 0 rings (SSSR count). The minimum atomic E-state index is -4.75. The van der Waals surface area contributed by atoms with Gasteiger partial charge in [0.1, 0.15) is 12.6 Å². The van der Waals surface area contributed by atoms with E-state index in [9.17, 15) is 23.8 Å². The van der Waals surface area contributed by atoms with Gasteiger partial charge < -0.3 is 25.2 Å². The van der Waals surface area contributed by atoms with E-state index in [-0.39, 0.29) is 12.8 Å². The number of esters is 2. The Bertz CT molecular complexity index is 1280. The van der Waals surface area contributed by atoms with Gasteiger partial charge in [-0.1, -0.05) is 130 Å². The highest BCUT2D eigenvalue weighted by Crippen LogP contribution is 2.43. The standard InChI is InChI=1S/C42H66NO10P/c1-3-5-7-9-11-13-15-17-19-21-23-25-27-29-31-33-40(44)50-35-38(36-51-54(48,49)52-37-39(43)42(46)47)53-41(45)34-32-30-28-26-24-22-20-18-16-14-12-10-8-6-4-2/h5-8,11-14,17-20,24,26,30,32,38-39H,3-4,9-10,15-16,21-23,25,27-29,31,33-37,43H2,1-2H3,(H,46,47)(H,48,49)/b7-5-,8-6-,13-11-,14-12-,19-17-,20-18-,26-24-,32-30-. The van der Waals surface area contributed by atoms with E-state index in [0.29, 0.717) is 12.8 Å². The number of nitrogens with two attached hydrogens (primary N) is 1. The van der Waals surface area contributed by atoms with Crippen LogP contribution in [0, 0.1) is 0 Å². The molecule has 0 aliphatic rings. The van der Waals surface area contributed by atoms with Crippen molar-refractivity contribution in [1.29, 1.82) is 0 Å². The van der Waals surface area contributed by atoms with Gasteiger partial charge in [-0.3, -0.25) is 23.4 Å². The summed E-state index contributed by atoms with van der Waals surface area (Å²) in [5, 5.41) is 8.86. The van der Waals surface area contributed by atoms with E-state index in [1.807, 2.05) is 18.2 Å². The molecule has 3 atom stereocenters. The number of ether oxygens (including phenoxy) is 2. The zero-order chi connectivity index (χ0) is 40.0. The van der Waals surface area contributed by atoms with Gasteiger partial charge in [-0.05, 0) is 70.6 Å². The van der Waals surface area contributed by atoms with Crippen molar-refractivity contribution in [3.05, 3.63) is 97.2 Å². The molecule has 0 spiro atoms. The molecule has 3 unspecified atom stereocenters. The molecule has 12 heteroatoms. The topological polar surface area (TPSA) is 172 Å². The van der Waals surface area contributed by atoms with E-state index < -0.39 is 57.7 Å². The first-order valence-electron chi connectivity index (χ1n) is 19.3. The Labute approximate surface area is 324 Å². The average Bonchev–Trinajstić information content (AvgIpc) is 3.14. The molecule has 0 saturated heterocycles. The molecule has 11 nitrogen and oxygen atoms in total. The van der Waals surface area contributed by atoms with E-state index >= 15 is 0 Å². The van der Waals surface area contributed by atoms with Crippen molar-refractivity contribution >= 4 is 25.7 Å². The van der Waals surface area contributed by atoms with Gasteiger partial charge in [0.25, 0.3) is 0 Å². The third-order valence-corrected chi connectivity index (χ3v) is 8.31. The SMILES string of the molecule is CC/C=C\C/C=C\C/C=C\C/C=C\C/C=C\CC(=O)OC(COC(=O)CCCCCCC/C=C\C/C=C\C/C=C\CC)COP(=O)(O)OCC(N)C(=O)O. The summed E-state index contributed by atoms with van der Waals surface area (Å²) < 4.78 is 32.4. The third kappa shape index (κ3) is 35.4. The van der Waals surface area contributed by atoms with Crippen LogP contribution in [-0.2, 0) is 37.5 Å². The average molecular weight is 776 g/mol. The summed E-state index contributed by atoms with van der Waals surface area (Å²) in [5.74, 6) is -2.58. The molecule has 54 heavy (non-hydrogen) atoms. The van der Waals surface area contributed by atoms with Crippen LogP contribution in [0.2, 0.25) is 0 Å². The van der Waals surface area contributed by atoms with Crippen molar-refractivity contribution in [2.24, 2.45) is 5.73 Å². The van der Waals surface area contributed by atoms with E-state index in [1.54, 1.807) is 6.08 Å². The van der Waals surface area contributed by atoms with Crippen LogP contribution >= 0.6 is 7.82 Å². The van der Waals surface area contributed by atoms with Gasteiger partial charge >= 0.3 is 25.7 Å². The van der Waals surface area contributed by atoms with Gasteiger partial charge in [-0.25, -0.2) is 4.57 Å². The summed E-state index contributed by atoms with van der Waals surface area (Å²) in [6.45, 7) is 2.42. The van der Waals surface area contributed by atoms with Crippen LogP contribution in [0.1, 0.15) is 117 Å². The van der Waals surface area contributed by atoms with Crippen molar-refractivity contribution in [2.75, 3.05) is 19.8 Å². The molecule has 0 aliphatic heterocycles. The zero-order valence-electron chi connectivity index (χ0n) is 32.5. The predicted molar refractivity (Wildman–Crippen MR) is 217 cm³/mol. The predicted octanol–water partition coefficient (Wildman–Crippen LogP) is 9.72. The number of phosphoric acid groups is 1. The van der Waals surface area contributed by atoms with Gasteiger partial charge in [0.05, 0.1) is 19.6 Å². The first-order chi connectivity index (χ1) is 26.1. The molecule has 0 aromatic carbocycles. The van der Waals surface area contributed by atoms with Gasteiger partial charge in [-0.15, -0.1) is 0 Å². The van der Waals surface area contributed by atoms with Crippen molar-refractivity contribution in [2.45, 2.75) is 129 Å². The number of phosphoric ester groups is 1. The maximum Gasteiger partial charge on any atom is 0.472 e. The molecule has 0 radical (unpaired) electrons. The molecule has 4 N–H and O–H groups in total. The number of aliphatic carboxylic acids is 1. The van der Waals surface area contributed by atoms with Gasteiger partial charge in [0.15, 0.2) is 6.10 Å². The largest absolute Gasteiger partial charge is 0.480 e. The zero-order valence-corrected chi connectivity index (χ0v) is 33.4. The van der Waals surface area contributed by atoms with Crippen LogP contribution < -0.4 is 5.73 Å². The summed E-state index contributed by atoms with van der Waals surface area (Å²) in [5.41, 5.74) is 5.31. The van der Waals surface area contributed by atoms with Gasteiger partial charge in [-0.2, -0.15) is 0 Å². The fraction of sp³-hybridized carbons (Fsp3) is 0.548. The van der Waals surface area contributed by atoms with Crippen molar-refractivity contribution in [3.63, 3.8) is 0 Å². The first-order valence-corrected chi connectivity index (χ1v) is 20.8. The Morgan fingerprint density at radius 3 is 1.56 bits per heavy atom. The quantitative estimate of drug-likeness (QED) is 0.0246. The number of unbranched alkanes of at least 4 members (excludes halogenated alkanes) is 5. The number of hydrogen-bond donors (Lipinski definition) is 3. The van der Waals surface area contributed by atoms with Crippen molar-refractivity contribution in [3.8, 4) is 0 Å². The van der Waals surface area contributed by atoms with E-state index in [1.165, 1.54) is 0 Å². The lowest BCUT2D eigenvalue weighted by Crippen LogP contribution is -2.34. The number of carboxylic acids is 1. The van der Waals surface area contributed by atoms with Crippen LogP contribution in [0.25, 0.3) is 0 Å². The van der Waals surface area contributed by atoms with E-state index in [0.717, 1.165) is 77.0 Å². The Hall–Kier alpha value is -3.60. The molecule has 0 aromatic heterocycles. The highest BCUT2D eigenvalue weighted by molar-refractivity contribution is 7.47. The second kappa shape index (κ2) is 36.4. The number of carbonyl (C=O) groups is 3. The molecular weight excluding hydrogens is 709 g/mol. The summed E-state index contributed by atoms with van der Waals surface area (Å²) >= 11 is 0. The number of hydrogen-bond acceptors (Lipinski definition) is 9. The molecule has 0 amide bonds. The summed E-state index contributed by atoms with van der Waals surface area (Å²) in [7, 11) is -4.75. The summed E-state index contributed by atoms with van der Waals surface area (Å²) in [4.78, 5) is 45.7. The highest BCUT2D eigenvalue weighted by Gasteiger charge is 2.28. The Morgan fingerprint density at radius 1 is 0.593 bits per heavy atom. The Balaban J connectivity index is 4.62. The van der Waals surface area contributed by atoms with Crippen LogP contribution in [-0.4, -0.2) is 59.9 Å². The lowest BCUT2D eigenvalue weighted by Gasteiger charge is -2.20. The fourth-order valence-corrected chi connectivity index (χ4v) is 5.17. The Morgan fingerprint density at radius 2 is 1.04 bits per heavy atom. The number of carboxylic acid groups (broad SMARTS) is 1. The smallest absolute Gasteiger partial charge is 0.472 e. The molecule has 0 aromatic rings. The van der Waals surface area contributed by atoms with Crippen LogP contribution in [0.4, 0.5) is 0 Å². The second-order valence-corrected chi connectivity index (χ2v) is 13.8. The summed E-state index contributed by atoms with van der Waals surface area (Å²) in [6.07, 6.45) is 45.1. The first kappa shape index (κ1) is 50.4. The lowest BCUT2D eigenvalue weighted by atomic mass is 10.1. The molecule has 0 bridgehead atoms. The second-order valence-electron chi connectivity index (χ2n) is 12.3. The maximum absolute atomic E-state index is 12.5. The molecule has 0 aliphatic carbocycles. The van der Waals surface area contributed by atoms with Crippen molar-refractivity contribution in [1.82, 2.24) is 0 Å². The molecule has 0 saturated carbocycles. The lowest BCUT2D eigenvalue weighted by molar-refractivity contribution is -0.160.